The predicted octanol–water partition coefficient (Wildman–Crippen LogP) is 5.58. The van der Waals surface area contributed by atoms with Crippen LogP contribution < -0.4 is 4.74 Å². The molecular formula is C17H22OS. The minimum absolute atomic E-state index is 0.280. The molecule has 19 heavy (non-hydrogen) atoms. The van der Waals surface area contributed by atoms with Gasteiger partial charge in [0.25, 0.3) is 0 Å². The zero-order chi connectivity index (χ0) is 13.9. The topological polar surface area (TPSA) is 9.23 Å². The van der Waals surface area contributed by atoms with Gasteiger partial charge < -0.3 is 4.74 Å². The highest BCUT2D eigenvalue weighted by Crippen LogP contribution is 2.30. The van der Waals surface area contributed by atoms with E-state index in [4.69, 9.17) is 4.74 Å². The molecule has 2 aromatic rings. The smallest absolute Gasteiger partial charge is 0.129 e. The maximum absolute atomic E-state index is 6.12. The molecule has 0 aliphatic carbocycles. The van der Waals surface area contributed by atoms with Crippen LogP contribution in [0.2, 0.25) is 0 Å². The van der Waals surface area contributed by atoms with E-state index in [1.165, 1.54) is 17.5 Å². The van der Waals surface area contributed by atoms with Gasteiger partial charge in [0.1, 0.15) is 11.4 Å². The average molecular weight is 274 g/mol. The molecule has 0 radical (unpaired) electrons. The third-order valence-electron chi connectivity index (χ3n) is 3.65. The Morgan fingerprint density at radius 3 is 2.37 bits per heavy atom. The van der Waals surface area contributed by atoms with Crippen molar-refractivity contribution in [3.63, 3.8) is 0 Å². The Bertz CT molecular complexity index is 497. The van der Waals surface area contributed by atoms with Gasteiger partial charge in [-0.25, -0.2) is 0 Å². The number of rotatable bonds is 5. The Balaban J connectivity index is 2.11. The SMILES string of the molecule is CCC(C)c1ccc(OC(C)(C)c2ccsc2)cc1. The summed E-state index contributed by atoms with van der Waals surface area (Å²) in [5, 5.41) is 4.24. The minimum Gasteiger partial charge on any atom is -0.483 e. The Labute approximate surface area is 120 Å². The van der Waals surface area contributed by atoms with Gasteiger partial charge in [-0.2, -0.15) is 11.3 Å². The van der Waals surface area contributed by atoms with Crippen LogP contribution in [0.4, 0.5) is 0 Å². The summed E-state index contributed by atoms with van der Waals surface area (Å²) >= 11 is 1.71. The summed E-state index contributed by atoms with van der Waals surface area (Å²) in [4.78, 5) is 0. The van der Waals surface area contributed by atoms with E-state index in [1.54, 1.807) is 11.3 Å². The first-order valence-electron chi connectivity index (χ1n) is 6.84. The molecule has 2 heteroatoms. The van der Waals surface area contributed by atoms with Crippen molar-refractivity contribution < 1.29 is 4.74 Å². The number of hydrogen-bond acceptors (Lipinski definition) is 2. The lowest BCUT2D eigenvalue weighted by molar-refractivity contribution is 0.109. The van der Waals surface area contributed by atoms with Crippen LogP contribution in [0.5, 0.6) is 5.75 Å². The lowest BCUT2D eigenvalue weighted by atomic mass is 9.98. The van der Waals surface area contributed by atoms with Crippen LogP contribution in [-0.2, 0) is 5.60 Å². The van der Waals surface area contributed by atoms with Crippen LogP contribution in [0, 0.1) is 0 Å². The maximum Gasteiger partial charge on any atom is 0.129 e. The summed E-state index contributed by atoms with van der Waals surface area (Å²) in [5.74, 6) is 1.54. The van der Waals surface area contributed by atoms with Crippen LogP contribution in [0.1, 0.15) is 51.2 Å². The van der Waals surface area contributed by atoms with Gasteiger partial charge in [-0.15, -0.1) is 0 Å². The standard InChI is InChI=1S/C17H22OS/c1-5-13(2)14-6-8-16(9-7-14)18-17(3,4)15-10-11-19-12-15/h6-13H,5H2,1-4H3. The Morgan fingerprint density at radius 2 is 1.84 bits per heavy atom. The van der Waals surface area contributed by atoms with Crippen LogP contribution in [0.15, 0.2) is 41.1 Å². The van der Waals surface area contributed by atoms with E-state index in [0.717, 1.165) is 5.75 Å². The van der Waals surface area contributed by atoms with Crippen molar-refractivity contribution in [3.8, 4) is 5.75 Å². The van der Waals surface area contributed by atoms with E-state index in [0.29, 0.717) is 5.92 Å². The third kappa shape index (κ3) is 3.38. The number of hydrogen-bond donors (Lipinski definition) is 0. The summed E-state index contributed by atoms with van der Waals surface area (Å²) in [6.45, 7) is 8.69. The highest BCUT2D eigenvalue weighted by molar-refractivity contribution is 7.08. The predicted molar refractivity (Wildman–Crippen MR) is 83.1 cm³/mol. The fourth-order valence-electron chi connectivity index (χ4n) is 2.06. The van der Waals surface area contributed by atoms with Crippen molar-refractivity contribution in [1.29, 1.82) is 0 Å². The van der Waals surface area contributed by atoms with Gasteiger partial charge >= 0.3 is 0 Å². The van der Waals surface area contributed by atoms with Crippen molar-refractivity contribution in [2.24, 2.45) is 0 Å². The molecule has 0 bridgehead atoms. The van der Waals surface area contributed by atoms with Crippen molar-refractivity contribution >= 4 is 11.3 Å². The molecule has 2 rings (SSSR count). The highest BCUT2D eigenvalue weighted by Gasteiger charge is 2.22. The molecule has 1 nitrogen and oxygen atoms in total. The lowest BCUT2D eigenvalue weighted by Gasteiger charge is -2.26. The molecule has 0 spiro atoms. The van der Waals surface area contributed by atoms with Gasteiger partial charge in [-0.1, -0.05) is 26.0 Å². The molecule has 0 aliphatic heterocycles. The van der Waals surface area contributed by atoms with Crippen molar-refractivity contribution in [1.82, 2.24) is 0 Å². The molecule has 0 aliphatic rings. The number of ether oxygens (including phenoxy) is 1. The normalized spacial score (nSPS) is 13.3. The van der Waals surface area contributed by atoms with Crippen molar-refractivity contribution in [3.05, 3.63) is 52.2 Å². The van der Waals surface area contributed by atoms with E-state index in [-0.39, 0.29) is 5.60 Å². The maximum atomic E-state index is 6.12. The van der Waals surface area contributed by atoms with Crippen LogP contribution in [0.25, 0.3) is 0 Å². The van der Waals surface area contributed by atoms with E-state index in [9.17, 15) is 0 Å². The summed E-state index contributed by atoms with van der Waals surface area (Å²) in [6.07, 6.45) is 1.17. The van der Waals surface area contributed by atoms with Gasteiger partial charge in [0, 0.05) is 5.56 Å². The second-order valence-corrected chi connectivity index (χ2v) is 6.28. The molecular weight excluding hydrogens is 252 g/mol. The van der Waals surface area contributed by atoms with E-state index in [1.807, 2.05) is 0 Å². The van der Waals surface area contributed by atoms with Crippen LogP contribution in [-0.4, -0.2) is 0 Å². The minimum atomic E-state index is -0.280. The molecule has 1 unspecified atom stereocenters. The number of thiophene rings is 1. The summed E-state index contributed by atoms with van der Waals surface area (Å²) < 4.78 is 6.12. The van der Waals surface area contributed by atoms with E-state index < -0.39 is 0 Å². The second kappa shape index (κ2) is 5.79. The molecule has 1 aromatic heterocycles. The fourth-order valence-corrected chi connectivity index (χ4v) is 2.87. The van der Waals surface area contributed by atoms with Crippen LogP contribution >= 0.6 is 11.3 Å². The summed E-state index contributed by atoms with van der Waals surface area (Å²) in [6, 6.07) is 10.6. The highest BCUT2D eigenvalue weighted by atomic mass is 32.1. The molecule has 0 saturated heterocycles. The molecule has 1 atom stereocenters. The Morgan fingerprint density at radius 1 is 1.16 bits per heavy atom. The second-order valence-electron chi connectivity index (χ2n) is 5.50. The summed E-state index contributed by atoms with van der Waals surface area (Å²) in [7, 11) is 0. The fraction of sp³-hybridized carbons (Fsp3) is 0.412. The van der Waals surface area contributed by atoms with Crippen molar-refractivity contribution in [2.45, 2.75) is 45.6 Å². The first kappa shape index (κ1) is 14.1. The lowest BCUT2D eigenvalue weighted by Crippen LogP contribution is -2.24. The molecule has 0 amide bonds. The number of benzene rings is 1. The first-order chi connectivity index (χ1) is 9.03. The first-order valence-corrected chi connectivity index (χ1v) is 7.79. The quantitative estimate of drug-likeness (QED) is 0.692. The monoisotopic (exact) mass is 274 g/mol. The van der Waals surface area contributed by atoms with Gasteiger partial charge in [-0.05, 0) is 60.7 Å². The van der Waals surface area contributed by atoms with Gasteiger partial charge in [0.2, 0.25) is 0 Å². The third-order valence-corrected chi connectivity index (χ3v) is 4.33. The van der Waals surface area contributed by atoms with E-state index >= 15 is 0 Å². The van der Waals surface area contributed by atoms with Crippen LogP contribution in [0.3, 0.4) is 0 Å². The molecule has 102 valence electrons. The molecule has 0 fully saturated rings. The zero-order valence-electron chi connectivity index (χ0n) is 12.1. The van der Waals surface area contributed by atoms with Gasteiger partial charge in [0.15, 0.2) is 0 Å². The molecule has 1 aromatic carbocycles. The average Bonchev–Trinajstić information content (AvgIpc) is 2.93. The zero-order valence-corrected chi connectivity index (χ0v) is 13.0. The molecule has 0 N–H and O–H groups in total. The van der Waals surface area contributed by atoms with Gasteiger partial charge in [0.05, 0.1) is 0 Å². The largest absolute Gasteiger partial charge is 0.483 e. The molecule has 1 heterocycles. The Kier molecular flexibility index (Phi) is 4.31. The summed E-state index contributed by atoms with van der Waals surface area (Å²) in [5.41, 5.74) is 2.32. The van der Waals surface area contributed by atoms with E-state index in [2.05, 4.69) is 68.8 Å². The molecule has 0 saturated carbocycles. The van der Waals surface area contributed by atoms with Gasteiger partial charge in [-0.3, -0.25) is 0 Å². The van der Waals surface area contributed by atoms with Crippen molar-refractivity contribution in [2.75, 3.05) is 0 Å². The Hall–Kier alpha value is -1.28.